The normalized spacial score (nSPS) is 16.6. The van der Waals surface area contributed by atoms with Crippen LogP contribution in [0.25, 0.3) is 0 Å². The summed E-state index contributed by atoms with van der Waals surface area (Å²) in [6, 6.07) is 7.28. The maximum atomic E-state index is 9.79. The molecule has 90 valence electrons. The highest BCUT2D eigenvalue weighted by Crippen LogP contribution is 2.20. The second-order valence-electron chi connectivity index (χ2n) is 4.39. The Hall–Kier alpha value is -1.06. The highest BCUT2D eigenvalue weighted by Gasteiger charge is 2.18. The molecule has 0 spiro atoms. The topological polar surface area (TPSA) is 49.7 Å². The Bertz CT molecular complexity index is 332. The highest BCUT2D eigenvalue weighted by molar-refractivity contribution is 5.29. The van der Waals surface area contributed by atoms with Crippen molar-refractivity contribution in [1.82, 2.24) is 0 Å². The van der Waals surface area contributed by atoms with E-state index in [1.807, 2.05) is 25.1 Å². The molecule has 0 heterocycles. The van der Waals surface area contributed by atoms with Crippen LogP contribution in [0.1, 0.15) is 38.9 Å². The van der Waals surface area contributed by atoms with Crippen molar-refractivity contribution >= 4 is 0 Å². The zero-order chi connectivity index (χ0) is 12.2. The van der Waals surface area contributed by atoms with Gasteiger partial charge < -0.3 is 14.9 Å². The predicted molar refractivity (Wildman–Crippen MR) is 63.5 cm³/mol. The molecular weight excluding hydrogens is 204 g/mol. The Morgan fingerprint density at radius 3 is 2.69 bits per heavy atom. The van der Waals surface area contributed by atoms with E-state index >= 15 is 0 Å². The van der Waals surface area contributed by atoms with Gasteiger partial charge in [-0.15, -0.1) is 0 Å². The summed E-state index contributed by atoms with van der Waals surface area (Å²) in [5, 5.41) is 19.2. The zero-order valence-electron chi connectivity index (χ0n) is 10.1. The zero-order valence-corrected chi connectivity index (χ0v) is 10.1. The van der Waals surface area contributed by atoms with Crippen LogP contribution < -0.4 is 4.74 Å². The van der Waals surface area contributed by atoms with Crippen molar-refractivity contribution in [3.8, 4) is 5.75 Å². The van der Waals surface area contributed by atoms with Crippen molar-refractivity contribution in [2.24, 2.45) is 0 Å². The first kappa shape index (κ1) is 13.0. The molecule has 0 fully saturated rings. The molecular formula is C13H20O3. The summed E-state index contributed by atoms with van der Waals surface area (Å²) in [6.45, 7) is 5.62. The first-order chi connectivity index (χ1) is 7.44. The standard InChI is InChI=1S/C13H20O3/c1-4-13(3,15)9-16-12-7-5-6-11(8-12)10(2)14/h5-8,10,14-15H,4,9H2,1-3H3/t10-,13?/m1/s1. The number of aliphatic hydroxyl groups excluding tert-OH is 1. The van der Waals surface area contributed by atoms with Gasteiger partial charge in [0, 0.05) is 0 Å². The number of rotatable bonds is 5. The fraction of sp³-hybridized carbons (Fsp3) is 0.538. The molecule has 0 saturated carbocycles. The molecule has 1 unspecified atom stereocenters. The minimum Gasteiger partial charge on any atom is -0.491 e. The second kappa shape index (κ2) is 5.32. The molecule has 0 aliphatic rings. The Balaban J connectivity index is 2.64. The lowest BCUT2D eigenvalue weighted by Gasteiger charge is -2.21. The first-order valence-corrected chi connectivity index (χ1v) is 5.58. The summed E-state index contributed by atoms with van der Waals surface area (Å²) in [4.78, 5) is 0. The third-order valence-corrected chi connectivity index (χ3v) is 2.65. The Morgan fingerprint density at radius 2 is 2.12 bits per heavy atom. The third kappa shape index (κ3) is 3.83. The van der Waals surface area contributed by atoms with E-state index in [-0.39, 0.29) is 6.61 Å². The highest BCUT2D eigenvalue weighted by atomic mass is 16.5. The van der Waals surface area contributed by atoms with Gasteiger partial charge in [0.05, 0.1) is 11.7 Å². The molecule has 0 amide bonds. The molecule has 0 aromatic heterocycles. The molecule has 1 aromatic carbocycles. The van der Waals surface area contributed by atoms with Crippen LogP contribution >= 0.6 is 0 Å². The van der Waals surface area contributed by atoms with E-state index in [0.29, 0.717) is 12.2 Å². The molecule has 2 atom stereocenters. The molecule has 0 radical (unpaired) electrons. The summed E-state index contributed by atoms with van der Waals surface area (Å²) in [6.07, 6.45) is 0.138. The monoisotopic (exact) mass is 224 g/mol. The molecule has 3 heteroatoms. The van der Waals surface area contributed by atoms with Gasteiger partial charge >= 0.3 is 0 Å². The minimum absolute atomic E-state index is 0.257. The summed E-state index contributed by atoms with van der Waals surface area (Å²) in [5.74, 6) is 0.673. The van der Waals surface area contributed by atoms with E-state index in [9.17, 15) is 10.2 Å². The molecule has 2 N–H and O–H groups in total. The van der Waals surface area contributed by atoms with Crippen molar-refractivity contribution in [2.75, 3.05) is 6.61 Å². The van der Waals surface area contributed by atoms with E-state index in [1.165, 1.54) is 0 Å². The van der Waals surface area contributed by atoms with Crippen molar-refractivity contribution in [3.05, 3.63) is 29.8 Å². The van der Waals surface area contributed by atoms with Crippen LogP contribution in [-0.2, 0) is 0 Å². The number of hydrogen-bond donors (Lipinski definition) is 2. The van der Waals surface area contributed by atoms with E-state index in [0.717, 1.165) is 5.56 Å². The summed E-state index contributed by atoms with van der Waals surface area (Å²) >= 11 is 0. The Kier molecular flexibility index (Phi) is 4.33. The summed E-state index contributed by atoms with van der Waals surface area (Å²) in [5.41, 5.74) is 0.00883. The molecule has 1 rings (SSSR count). The number of hydrogen-bond acceptors (Lipinski definition) is 3. The maximum absolute atomic E-state index is 9.79. The Labute approximate surface area is 96.7 Å². The molecule has 0 aliphatic carbocycles. The van der Waals surface area contributed by atoms with Gasteiger partial charge in [-0.1, -0.05) is 19.1 Å². The van der Waals surface area contributed by atoms with E-state index in [4.69, 9.17) is 4.74 Å². The predicted octanol–water partition coefficient (Wildman–Crippen LogP) is 2.28. The molecule has 0 aliphatic heterocycles. The van der Waals surface area contributed by atoms with Crippen molar-refractivity contribution in [2.45, 2.75) is 38.9 Å². The molecule has 0 saturated heterocycles. The van der Waals surface area contributed by atoms with Gasteiger partial charge in [-0.05, 0) is 38.0 Å². The van der Waals surface area contributed by atoms with Crippen molar-refractivity contribution < 1.29 is 14.9 Å². The first-order valence-electron chi connectivity index (χ1n) is 5.58. The molecule has 1 aromatic rings. The van der Waals surface area contributed by atoms with Gasteiger partial charge in [0.1, 0.15) is 12.4 Å². The van der Waals surface area contributed by atoms with Crippen LogP contribution in [0.5, 0.6) is 5.75 Å². The van der Waals surface area contributed by atoms with Gasteiger partial charge in [0.2, 0.25) is 0 Å². The van der Waals surface area contributed by atoms with Gasteiger partial charge in [-0.25, -0.2) is 0 Å². The minimum atomic E-state index is -0.805. The average molecular weight is 224 g/mol. The average Bonchev–Trinajstić information content (AvgIpc) is 2.27. The molecule has 16 heavy (non-hydrogen) atoms. The smallest absolute Gasteiger partial charge is 0.119 e. The quantitative estimate of drug-likeness (QED) is 0.806. The van der Waals surface area contributed by atoms with Crippen LogP contribution in [0.4, 0.5) is 0 Å². The van der Waals surface area contributed by atoms with Gasteiger partial charge in [0.25, 0.3) is 0 Å². The summed E-state index contributed by atoms with van der Waals surface area (Å²) in [7, 11) is 0. The summed E-state index contributed by atoms with van der Waals surface area (Å²) < 4.78 is 5.49. The second-order valence-corrected chi connectivity index (χ2v) is 4.39. The van der Waals surface area contributed by atoms with Gasteiger partial charge in [0.15, 0.2) is 0 Å². The molecule has 0 bridgehead atoms. The lowest BCUT2D eigenvalue weighted by molar-refractivity contribution is 0.00840. The third-order valence-electron chi connectivity index (χ3n) is 2.65. The van der Waals surface area contributed by atoms with Crippen LogP contribution in [0, 0.1) is 0 Å². The van der Waals surface area contributed by atoms with Crippen molar-refractivity contribution in [3.63, 3.8) is 0 Å². The lowest BCUT2D eigenvalue weighted by Crippen LogP contribution is -2.31. The number of benzene rings is 1. The van der Waals surface area contributed by atoms with Crippen LogP contribution in [0.2, 0.25) is 0 Å². The lowest BCUT2D eigenvalue weighted by atomic mass is 10.1. The van der Waals surface area contributed by atoms with Gasteiger partial charge in [-0.3, -0.25) is 0 Å². The Morgan fingerprint density at radius 1 is 1.44 bits per heavy atom. The van der Waals surface area contributed by atoms with E-state index in [2.05, 4.69) is 0 Å². The fourth-order valence-corrected chi connectivity index (χ4v) is 1.21. The van der Waals surface area contributed by atoms with E-state index in [1.54, 1.807) is 19.9 Å². The SMILES string of the molecule is CCC(C)(O)COc1cccc([C@@H](C)O)c1. The van der Waals surface area contributed by atoms with Gasteiger partial charge in [-0.2, -0.15) is 0 Å². The number of aliphatic hydroxyl groups is 2. The maximum Gasteiger partial charge on any atom is 0.119 e. The largest absolute Gasteiger partial charge is 0.491 e. The van der Waals surface area contributed by atoms with Crippen molar-refractivity contribution in [1.29, 1.82) is 0 Å². The fourth-order valence-electron chi connectivity index (χ4n) is 1.21. The van der Waals surface area contributed by atoms with Crippen LogP contribution in [0.3, 0.4) is 0 Å². The number of ether oxygens (including phenoxy) is 1. The van der Waals surface area contributed by atoms with Crippen LogP contribution in [-0.4, -0.2) is 22.4 Å². The van der Waals surface area contributed by atoms with E-state index < -0.39 is 11.7 Å². The molecule has 3 nitrogen and oxygen atoms in total. The van der Waals surface area contributed by atoms with Crippen LogP contribution in [0.15, 0.2) is 24.3 Å².